The third kappa shape index (κ3) is 6.31. The summed E-state index contributed by atoms with van der Waals surface area (Å²) in [7, 11) is 0. The second-order valence-electron chi connectivity index (χ2n) is 5.84. The summed E-state index contributed by atoms with van der Waals surface area (Å²) in [5, 5.41) is 12.1. The Morgan fingerprint density at radius 2 is 1.83 bits per heavy atom. The quantitative estimate of drug-likeness (QED) is 0.209. The smallest absolute Gasteiger partial charge is 0.338 e. The molecule has 2 aromatic carbocycles. The van der Waals surface area contributed by atoms with Crippen LogP contribution in [0.2, 0.25) is 0 Å². The lowest BCUT2D eigenvalue weighted by atomic mass is 10.1. The highest BCUT2D eigenvalue weighted by Gasteiger charge is 2.13. The van der Waals surface area contributed by atoms with Crippen LogP contribution < -0.4 is 10.1 Å². The van der Waals surface area contributed by atoms with E-state index in [1.54, 1.807) is 49.4 Å². The Bertz CT molecular complexity index is 1000. The fourth-order valence-electron chi connectivity index (χ4n) is 2.36. The van der Waals surface area contributed by atoms with Crippen molar-refractivity contribution in [2.24, 2.45) is 0 Å². The third-order valence-electron chi connectivity index (χ3n) is 3.70. The van der Waals surface area contributed by atoms with Crippen LogP contribution in [0.5, 0.6) is 5.75 Å². The minimum atomic E-state index is -0.569. The summed E-state index contributed by atoms with van der Waals surface area (Å²) in [6.45, 7) is 5.95. The van der Waals surface area contributed by atoms with E-state index in [0.29, 0.717) is 38.1 Å². The molecular weight excluding hydrogens is 516 g/mol. The fraction of sp³-hybridized carbons (Fsp3) is 0.136. The van der Waals surface area contributed by atoms with Crippen LogP contribution in [0.4, 0.5) is 5.69 Å². The number of carbonyl (C=O) groups is 2. The number of amides is 1. The molecule has 0 radical (unpaired) electrons. The van der Waals surface area contributed by atoms with Gasteiger partial charge in [-0.05, 0) is 86.8 Å². The summed E-state index contributed by atoms with van der Waals surface area (Å²) < 4.78 is 11.8. The average molecular weight is 534 g/mol. The molecular formula is C22H18Br2N2O4. The maximum atomic E-state index is 12.5. The molecule has 0 heterocycles. The van der Waals surface area contributed by atoms with E-state index < -0.39 is 11.9 Å². The molecule has 8 heteroatoms. The highest BCUT2D eigenvalue weighted by Crippen LogP contribution is 2.35. The zero-order valence-corrected chi connectivity index (χ0v) is 19.2. The molecule has 0 spiro atoms. The van der Waals surface area contributed by atoms with Crippen LogP contribution in [0.15, 0.2) is 63.6 Å². The van der Waals surface area contributed by atoms with Crippen molar-refractivity contribution < 1.29 is 19.1 Å². The van der Waals surface area contributed by atoms with Crippen LogP contribution in [0, 0.1) is 11.3 Å². The van der Waals surface area contributed by atoms with E-state index in [1.807, 2.05) is 6.07 Å². The first-order chi connectivity index (χ1) is 14.4. The Morgan fingerprint density at radius 1 is 1.20 bits per heavy atom. The fourth-order valence-corrected chi connectivity index (χ4v) is 3.81. The van der Waals surface area contributed by atoms with E-state index in [0.717, 1.165) is 0 Å². The zero-order chi connectivity index (χ0) is 22.1. The normalized spacial score (nSPS) is 10.7. The van der Waals surface area contributed by atoms with Crippen molar-refractivity contribution in [3.63, 3.8) is 0 Å². The Balaban J connectivity index is 2.18. The summed E-state index contributed by atoms with van der Waals surface area (Å²) in [6.07, 6.45) is 3.10. The van der Waals surface area contributed by atoms with Crippen LogP contribution in [-0.2, 0) is 9.53 Å². The number of esters is 1. The summed E-state index contributed by atoms with van der Waals surface area (Å²) in [5.41, 5.74) is 1.37. The number of benzene rings is 2. The van der Waals surface area contributed by atoms with Crippen molar-refractivity contribution in [2.45, 2.75) is 6.92 Å². The molecule has 6 nitrogen and oxygen atoms in total. The second-order valence-corrected chi connectivity index (χ2v) is 7.54. The predicted octanol–water partition coefficient (Wildman–Crippen LogP) is 5.50. The number of rotatable bonds is 8. The van der Waals surface area contributed by atoms with Gasteiger partial charge in [0.1, 0.15) is 24.0 Å². The van der Waals surface area contributed by atoms with Crippen molar-refractivity contribution in [1.82, 2.24) is 0 Å². The van der Waals surface area contributed by atoms with Gasteiger partial charge in [0.25, 0.3) is 5.91 Å². The van der Waals surface area contributed by atoms with Crippen molar-refractivity contribution in [1.29, 1.82) is 5.26 Å². The molecule has 1 amide bonds. The lowest BCUT2D eigenvalue weighted by molar-refractivity contribution is -0.112. The van der Waals surface area contributed by atoms with Crippen LogP contribution in [0.1, 0.15) is 22.8 Å². The second kappa shape index (κ2) is 11.3. The Morgan fingerprint density at radius 3 is 2.37 bits per heavy atom. The van der Waals surface area contributed by atoms with Gasteiger partial charge in [-0.3, -0.25) is 4.79 Å². The van der Waals surface area contributed by atoms with Gasteiger partial charge in [-0.15, -0.1) is 0 Å². The lowest BCUT2D eigenvalue weighted by Crippen LogP contribution is -2.13. The van der Waals surface area contributed by atoms with Crippen molar-refractivity contribution in [3.05, 3.63) is 74.7 Å². The summed E-state index contributed by atoms with van der Waals surface area (Å²) >= 11 is 6.84. The SMILES string of the molecule is C=CCOc1c(Br)cc(/C=C(\C#N)C(=O)Nc2ccc(C(=O)OCC)cc2)cc1Br. The van der Waals surface area contributed by atoms with Gasteiger partial charge in [0.05, 0.1) is 21.1 Å². The minimum absolute atomic E-state index is 0.0805. The molecule has 0 aromatic heterocycles. The van der Waals surface area contributed by atoms with Gasteiger partial charge in [0, 0.05) is 5.69 Å². The van der Waals surface area contributed by atoms with Crippen LogP contribution >= 0.6 is 31.9 Å². The monoisotopic (exact) mass is 532 g/mol. The molecule has 0 saturated heterocycles. The lowest BCUT2D eigenvalue weighted by Gasteiger charge is -2.10. The van der Waals surface area contributed by atoms with Gasteiger partial charge in [-0.2, -0.15) is 5.26 Å². The van der Waals surface area contributed by atoms with Crippen LogP contribution in [0.25, 0.3) is 6.08 Å². The van der Waals surface area contributed by atoms with Gasteiger partial charge >= 0.3 is 5.97 Å². The number of ether oxygens (including phenoxy) is 2. The van der Waals surface area contributed by atoms with Gasteiger partial charge in [-0.1, -0.05) is 12.7 Å². The molecule has 0 bridgehead atoms. The largest absolute Gasteiger partial charge is 0.487 e. The van der Waals surface area contributed by atoms with E-state index in [9.17, 15) is 14.9 Å². The third-order valence-corrected chi connectivity index (χ3v) is 4.87. The first kappa shape index (κ1) is 23.4. The van der Waals surface area contributed by atoms with E-state index in [2.05, 4.69) is 43.8 Å². The topological polar surface area (TPSA) is 88.4 Å². The molecule has 0 fully saturated rings. The molecule has 0 aliphatic rings. The maximum absolute atomic E-state index is 12.5. The molecule has 0 aliphatic carbocycles. The van der Waals surface area contributed by atoms with Crippen molar-refractivity contribution in [2.75, 3.05) is 18.5 Å². The molecule has 30 heavy (non-hydrogen) atoms. The van der Waals surface area contributed by atoms with Crippen molar-refractivity contribution >= 4 is 55.5 Å². The first-order valence-corrected chi connectivity index (χ1v) is 10.4. The number of hydrogen-bond donors (Lipinski definition) is 1. The minimum Gasteiger partial charge on any atom is -0.487 e. The summed E-state index contributed by atoms with van der Waals surface area (Å²) in [5.74, 6) is -0.415. The number of hydrogen-bond acceptors (Lipinski definition) is 5. The number of nitriles is 1. The van der Waals surface area contributed by atoms with E-state index >= 15 is 0 Å². The number of nitrogens with one attached hydrogen (secondary N) is 1. The Kier molecular flexibility index (Phi) is 8.84. The Hall–Kier alpha value is -2.89. The summed E-state index contributed by atoms with van der Waals surface area (Å²) in [6, 6.07) is 11.6. The number of carbonyl (C=O) groups excluding carboxylic acids is 2. The summed E-state index contributed by atoms with van der Waals surface area (Å²) in [4.78, 5) is 24.2. The maximum Gasteiger partial charge on any atom is 0.338 e. The predicted molar refractivity (Wildman–Crippen MR) is 122 cm³/mol. The van der Waals surface area contributed by atoms with E-state index in [1.165, 1.54) is 6.08 Å². The standard InChI is InChI=1S/C22H18Br2N2O4/c1-3-9-30-20-18(23)11-14(12-19(20)24)10-16(13-25)21(27)26-17-7-5-15(6-8-17)22(28)29-4-2/h3,5-8,10-12H,1,4,9H2,2H3,(H,26,27)/b16-10+. The molecule has 2 rings (SSSR count). The number of anilines is 1. The molecule has 0 aliphatic heterocycles. The van der Waals surface area contributed by atoms with Gasteiger partial charge in [0.2, 0.25) is 0 Å². The van der Waals surface area contributed by atoms with Gasteiger partial charge < -0.3 is 14.8 Å². The highest BCUT2D eigenvalue weighted by atomic mass is 79.9. The molecule has 154 valence electrons. The molecule has 0 saturated carbocycles. The number of halogens is 2. The van der Waals surface area contributed by atoms with Crippen LogP contribution in [-0.4, -0.2) is 25.1 Å². The van der Waals surface area contributed by atoms with Crippen LogP contribution in [0.3, 0.4) is 0 Å². The van der Waals surface area contributed by atoms with E-state index in [4.69, 9.17) is 9.47 Å². The van der Waals surface area contributed by atoms with Gasteiger partial charge in [0.15, 0.2) is 0 Å². The molecule has 0 unspecified atom stereocenters. The molecule has 0 atom stereocenters. The van der Waals surface area contributed by atoms with E-state index in [-0.39, 0.29) is 12.2 Å². The molecule has 1 N–H and O–H groups in total. The molecule has 2 aromatic rings. The Labute approximate surface area is 191 Å². The van der Waals surface area contributed by atoms with Gasteiger partial charge in [-0.25, -0.2) is 4.79 Å². The number of nitrogens with zero attached hydrogens (tertiary/aromatic N) is 1. The average Bonchev–Trinajstić information content (AvgIpc) is 2.72. The van der Waals surface area contributed by atoms with Crippen molar-refractivity contribution in [3.8, 4) is 11.8 Å². The highest BCUT2D eigenvalue weighted by molar-refractivity contribution is 9.11. The zero-order valence-electron chi connectivity index (χ0n) is 16.1. The first-order valence-electron chi connectivity index (χ1n) is 8.82.